The molecule has 14 nitrogen and oxygen atoms in total. The lowest BCUT2D eigenvalue weighted by Gasteiger charge is -2.48. The van der Waals surface area contributed by atoms with Crippen molar-refractivity contribution in [1.82, 2.24) is 25.2 Å². The zero-order valence-corrected chi connectivity index (χ0v) is 34.0. The molecule has 316 valence electrons. The molecule has 4 heterocycles. The topological polar surface area (TPSA) is 180 Å². The molecule has 0 aliphatic carbocycles. The molecule has 2 fully saturated rings. The summed E-state index contributed by atoms with van der Waals surface area (Å²) in [5.41, 5.74) is 13.4. The molecule has 3 aliphatic rings. The van der Waals surface area contributed by atoms with E-state index in [9.17, 15) is 14.0 Å². The maximum Gasteiger partial charge on any atom is 0.238 e. The van der Waals surface area contributed by atoms with E-state index in [0.29, 0.717) is 57.6 Å². The number of hydrogen-bond donors (Lipinski definition) is 3. The maximum absolute atomic E-state index is 12.9. The molecule has 2 aromatic carbocycles. The minimum absolute atomic E-state index is 0.0480. The molecule has 0 bridgehead atoms. The number of carbonyl (C=O) groups excluding carboxylic acids is 2. The van der Waals surface area contributed by atoms with E-state index in [1.54, 1.807) is 12.1 Å². The highest BCUT2D eigenvalue weighted by atomic mass is 19.1. The van der Waals surface area contributed by atoms with Gasteiger partial charge in [0, 0.05) is 31.7 Å². The zero-order valence-electron chi connectivity index (χ0n) is 34.0. The standard InChI is InChI=1S/C21H30FN3O2.C19H30O5.C2H4N4/c22-18-8-6-17(7-9-18)19(26)5-4-12-24-15-10-21(11-16-24,20(23)27)25-13-2-1-3-14-25;1-3-5-7-20-8-9-21-10-11-22-14-17-13-19-18(23-15-24-19)12-16(17)6-4-2;3-2-1-4-6-5-2/h6-9H,1-5,10-16H2,(H2,23,27);12-13H,3-11,14-15H2,1-2H3;1H,(H3,3,4,5,6). The van der Waals surface area contributed by atoms with E-state index >= 15 is 0 Å². The second-order valence-corrected chi connectivity index (χ2v) is 14.6. The number of Topliss-reactive ketones (excluding diaryl/α,β-unsaturated/α-hetero) is 1. The highest BCUT2D eigenvalue weighted by Gasteiger charge is 2.44. The Kier molecular flexibility index (Phi) is 20.2. The molecule has 0 unspecified atom stereocenters. The highest BCUT2D eigenvalue weighted by molar-refractivity contribution is 5.96. The third-order valence-corrected chi connectivity index (χ3v) is 10.4. The van der Waals surface area contributed by atoms with Gasteiger partial charge in [0.2, 0.25) is 12.7 Å². The molecule has 2 saturated heterocycles. The number of H-pyrrole nitrogens is 1. The average molecular weight is 798 g/mol. The number of unbranched alkanes of at least 4 members (excludes halogenated alkanes) is 1. The number of likely N-dealkylation sites (tertiary alicyclic amines) is 2. The van der Waals surface area contributed by atoms with Gasteiger partial charge in [-0.3, -0.25) is 14.5 Å². The van der Waals surface area contributed by atoms with E-state index in [-0.39, 0.29) is 17.5 Å². The molecular formula is C42H64FN7O7. The first-order valence-electron chi connectivity index (χ1n) is 20.6. The van der Waals surface area contributed by atoms with Gasteiger partial charge in [-0.1, -0.05) is 33.1 Å². The molecule has 3 aliphatic heterocycles. The minimum atomic E-state index is -0.485. The molecule has 0 radical (unpaired) electrons. The van der Waals surface area contributed by atoms with E-state index in [4.69, 9.17) is 35.2 Å². The molecule has 0 spiro atoms. The van der Waals surface area contributed by atoms with Crippen molar-refractivity contribution in [2.45, 2.75) is 96.6 Å². The lowest BCUT2D eigenvalue weighted by atomic mass is 9.83. The Morgan fingerprint density at radius 1 is 0.860 bits per heavy atom. The number of rotatable bonds is 20. The van der Waals surface area contributed by atoms with Crippen molar-refractivity contribution in [3.05, 3.63) is 65.1 Å². The van der Waals surface area contributed by atoms with Gasteiger partial charge in [-0.05, 0) is 112 Å². The van der Waals surface area contributed by atoms with Crippen LogP contribution in [0.25, 0.3) is 0 Å². The van der Waals surface area contributed by atoms with Crippen LogP contribution in [0.2, 0.25) is 0 Å². The molecule has 1 amide bonds. The van der Waals surface area contributed by atoms with Crippen molar-refractivity contribution in [3.63, 3.8) is 0 Å². The van der Waals surface area contributed by atoms with Gasteiger partial charge in [0.1, 0.15) is 11.4 Å². The van der Waals surface area contributed by atoms with Crippen LogP contribution in [0.15, 0.2) is 42.6 Å². The van der Waals surface area contributed by atoms with Crippen LogP contribution in [0.3, 0.4) is 0 Å². The van der Waals surface area contributed by atoms with Gasteiger partial charge in [0.05, 0.1) is 39.2 Å². The minimum Gasteiger partial charge on any atom is -0.454 e. The second-order valence-electron chi connectivity index (χ2n) is 14.6. The first-order valence-corrected chi connectivity index (χ1v) is 20.6. The number of aromatic amines is 1. The maximum atomic E-state index is 12.9. The molecule has 5 N–H and O–H groups in total. The van der Waals surface area contributed by atoms with Crippen molar-refractivity contribution >= 4 is 17.5 Å². The van der Waals surface area contributed by atoms with Crippen molar-refractivity contribution in [2.75, 3.05) is 78.3 Å². The van der Waals surface area contributed by atoms with E-state index in [1.807, 2.05) is 6.07 Å². The SMILES string of the molecule is CCCCOCCOCCOCc1cc2c(cc1CCC)OCO2.NC(=O)C1(N2CCCCC2)CCN(CCCC(=O)c2ccc(F)cc2)CC1.Nc1cn[nH]n1. The number of hydrogen-bond acceptors (Lipinski definition) is 12. The Morgan fingerprint density at radius 2 is 1.51 bits per heavy atom. The predicted molar refractivity (Wildman–Crippen MR) is 217 cm³/mol. The summed E-state index contributed by atoms with van der Waals surface area (Å²) >= 11 is 0. The van der Waals surface area contributed by atoms with Crippen LogP contribution in [0, 0.1) is 5.82 Å². The van der Waals surface area contributed by atoms with E-state index in [0.717, 1.165) is 109 Å². The number of halogens is 1. The summed E-state index contributed by atoms with van der Waals surface area (Å²) in [6, 6.07) is 9.84. The number of anilines is 1. The lowest BCUT2D eigenvalue weighted by Crippen LogP contribution is -2.63. The van der Waals surface area contributed by atoms with Gasteiger partial charge in [-0.2, -0.15) is 10.3 Å². The summed E-state index contributed by atoms with van der Waals surface area (Å²) in [5.74, 6) is 1.62. The third kappa shape index (κ3) is 15.3. The van der Waals surface area contributed by atoms with Gasteiger partial charge in [-0.15, -0.1) is 5.10 Å². The number of fused-ring (bicyclic) bond motifs is 1. The fourth-order valence-corrected chi connectivity index (χ4v) is 7.17. The van der Waals surface area contributed by atoms with Crippen molar-refractivity contribution < 1.29 is 37.7 Å². The molecule has 0 saturated carbocycles. The normalized spacial score (nSPS) is 16.3. The summed E-state index contributed by atoms with van der Waals surface area (Å²) in [4.78, 5) is 29.1. The largest absolute Gasteiger partial charge is 0.454 e. The number of nitrogens with zero attached hydrogens (tertiary/aromatic N) is 4. The molecule has 6 rings (SSSR count). The number of ketones is 1. The van der Waals surface area contributed by atoms with E-state index in [2.05, 4.69) is 45.1 Å². The van der Waals surface area contributed by atoms with Crippen LogP contribution in [0.4, 0.5) is 10.2 Å². The number of aryl methyl sites for hydroxylation is 1. The van der Waals surface area contributed by atoms with Crippen LogP contribution in [0.5, 0.6) is 11.5 Å². The van der Waals surface area contributed by atoms with Gasteiger partial charge in [-0.25, -0.2) is 4.39 Å². The Hall–Kier alpha value is -4.15. The van der Waals surface area contributed by atoms with Gasteiger partial charge < -0.3 is 40.1 Å². The Labute approximate surface area is 337 Å². The number of nitrogens with two attached hydrogens (primary N) is 2. The quantitative estimate of drug-likeness (QED) is 0.0940. The Morgan fingerprint density at radius 3 is 2.09 bits per heavy atom. The number of nitrogens with one attached hydrogen (secondary N) is 1. The first kappa shape index (κ1) is 45.6. The summed E-state index contributed by atoms with van der Waals surface area (Å²) in [5, 5.41) is 9.22. The highest BCUT2D eigenvalue weighted by Crippen LogP contribution is 2.36. The van der Waals surface area contributed by atoms with Crippen LogP contribution in [-0.4, -0.2) is 115 Å². The second kappa shape index (κ2) is 25.3. The number of nitrogen functional groups attached to an aromatic ring is 1. The molecule has 1 aromatic heterocycles. The summed E-state index contributed by atoms with van der Waals surface area (Å²) in [7, 11) is 0. The first-order chi connectivity index (χ1) is 27.8. The fourth-order valence-electron chi connectivity index (χ4n) is 7.17. The lowest BCUT2D eigenvalue weighted by molar-refractivity contribution is -0.135. The molecule has 3 aromatic rings. The van der Waals surface area contributed by atoms with Crippen molar-refractivity contribution in [1.29, 1.82) is 0 Å². The van der Waals surface area contributed by atoms with Crippen molar-refractivity contribution in [2.24, 2.45) is 5.73 Å². The number of amides is 1. The Bertz CT molecular complexity index is 1580. The van der Waals surface area contributed by atoms with Crippen LogP contribution in [0.1, 0.15) is 99.5 Å². The zero-order chi connectivity index (χ0) is 40.7. The van der Waals surface area contributed by atoms with Gasteiger partial charge in [0.15, 0.2) is 23.1 Å². The number of primary amides is 1. The van der Waals surface area contributed by atoms with Crippen LogP contribution < -0.4 is 20.9 Å². The third-order valence-electron chi connectivity index (χ3n) is 10.4. The number of ether oxygens (including phenoxy) is 5. The smallest absolute Gasteiger partial charge is 0.238 e. The Balaban J connectivity index is 0.000000221. The van der Waals surface area contributed by atoms with Gasteiger partial charge in [0.25, 0.3) is 0 Å². The number of carbonyl (C=O) groups is 2. The van der Waals surface area contributed by atoms with Crippen LogP contribution >= 0.6 is 0 Å². The summed E-state index contributed by atoms with van der Waals surface area (Å²) < 4.78 is 40.6. The predicted octanol–water partition coefficient (Wildman–Crippen LogP) is 5.70. The molecule has 0 atom stereocenters. The molecule has 15 heteroatoms. The number of benzene rings is 2. The summed E-state index contributed by atoms with van der Waals surface area (Å²) in [6.07, 6.45) is 12.1. The monoisotopic (exact) mass is 797 g/mol. The number of piperidine rings is 2. The summed E-state index contributed by atoms with van der Waals surface area (Å²) in [6.45, 7) is 12.9. The number of aromatic nitrogens is 3. The van der Waals surface area contributed by atoms with E-state index in [1.165, 1.54) is 35.9 Å². The van der Waals surface area contributed by atoms with E-state index < -0.39 is 5.54 Å². The fraction of sp³-hybridized carbons (Fsp3) is 0.619. The average Bonchev–Trinajstić information content (AvgIpc) is 3.91. The van der Waals surface area contributed by atoms with Crippen LogP contribution in [-0.2, 0) is 32.0 Å². The van der Waals surface area contributed by atoms with Gasteiger partial charge >= 0.3 is 0 Å². The molecular weight excluding hydrogens is 734 g/mol. The molecule has 57 heavy (non-hydrogen) atoms. The van der Waals surface area contributed by atoms with Crippen molar-refractivity contribution in [3.8, 4) is 11.5 Å².